The van der Waals surface area contributed by atoms with Gasteiger partial charge in [-0.1, -0.05) is 28.8 Å². The third-order valence-corrected chi connectivity index (χ3v) is 4.29. The maximum absolute atomic E-state index is 13.2. The smallest absolute Gasteiger partial charge is 0.254 e. The fourth-order valence-corrected chi connectivity index (χ4v) is 3.12. The molecule has 1 aliphatic rings. The number of rotatable bonds is 2. The van der Waals surface area contributed by atoms with Gasteiger partial charge in [0.05, 0.1) is 0 Å². The minimum atomic E-state index is -1.55. The maximum Gasteiger partial charge on any atom is 0.254 e. The summed E-state index contributed by atoms with van der Waals surface area (Å²) in [7, 11) is 0. The lowest BCUT2D eigenvalue weighted by Crippen LogP contribution is -2.41. The summed E-state index contributed by atoms with van der Waals surface area (Å²) in [5.74, 6) is -4.67. The normalized spacial score (nSPS) is 19.8. The zero-order valence-corrected chi connectivity index (χ0v) is 12.4. The van der Waals surface area contributed by atoms with E-state index in [-0.39, 0.29) is 11.6 Å². The first-order chi connectivity index (χ1) is 9.54. The van der Waals surface area contributed by atoms with Crippen molar-refractivity contribution < 1.29 is 18.0 Å². The minimum absolute atomic E-state index is 0.00109. The monoisotopic (exact) mass is 349 g/mol. The maximum atomic E-state index is 13.2. The van der Waals surface area contributed by atoms with E-state index in [1.54, 1.807) is 4.90 Å². The summed E-state index contributed by atoms with van der Waals surface area (Å²) in [6.45, 7) is 0.551. The van der Waals surface area contributed by atoms with Crippen LogP contribution in [-0.2, 0) is 0 Å². The molecule has 1 amide bonds. The van der Waals surface area contributed by atoms with Crippen LogP contribution in [0.1, 0.15) is 36.0 Å². The highest BCUT2D eigenvalue weighted by molar-refractivity contribution is 9.09. The number of likely N-dealkylation sites (tertiary alicyclic amines) is 1. The lowest BCUT2D eigenvalue weighted by molar-refractivity contribution is 0.0701. The standard InChI is InChI=1S/C14H15BrF3NO/c15-8-10-4-2-1-3-5-19(10)14(20)9-6-11(16)13(18)12(17)7-9/h6-7,10H,1-5,8H2. The molecular weight excluding hydrogens is 335 g/mol. The molecule has 0 saturated carbocycles. The third kappa shape index (κ3) is 3.16. The summed E-state index contributed by atoms with van der Waals surface area (Å²) in [4.78, 5) is 14.0. The lowest BCUT2D eigenvalue weighted by atomic mass is 10.1. The van der Waals surface area contributed by atoms with Gasteiger partial charge in [-0.2, -0.15) is 0 Å². The molecule has 1 fully saturated rings. The fourth-order valence-electron chi connectivity index (χ4n) is 2.45. The van der Waals surface area contributed by atoms with Crippen LogP contribution in [0.4, 0.5) is 13.2 Å². The Balaban J connectivity index is 2.29. The first kappa shape index (κ1) is 15.4. The van der Waals surface area contributed by atoms with Crippen LogP contribution < -0.4 is 0 Å². The van der Waals surface area contributed by atoms with Crippen LogP contribution in [0.5, 0.6) is 0 Å². The van der Waals surface area contributed by atoms with Gasteiger partial charge in [0, 0.05) is 23.5 Å². The van der Waals surface area contributed by atoms with Crippen molar-refractivity contribution in [1.82, 2.24) is 4.90 Å². The van der Waals surface area contributed by atoms with Gasteiger partial charge in [0.1, 0.15) is 0 Å². The summed E-state index contributed by atoms with van der Waals surface area (Å²) in [6.07, 6.45) is 3.76. The van der Waals surface area contributed by atoms with Crippen LogP contribution in [0, 0.1) is 17.5 Å². The molecule has 1 aromatic rings. The number of halogens is 4. The van der Waals surface area contributed by atoms with E-state index in [1.807, 2.05) is 0 Å². The van der Waals surface area contributed by atoms with Crippen molar-refractivity contribution in [1.29, 1.82) is 0 Å². The second-order valence-corrected chi connectivity index (χ2v) is 5.56. The predicted octanol–water partition coefficient (Wildman–Crippen LogP) is 3.88. The number of carbonyl (C=O) groups is 1. The van der Waals surface area contributed by atoms with Crippen LogP contribution in [0.15, 0.2) is 12.1 Å². The van der Waals surface area contributed by atoms with Crippen LogP contribution in [0.25, 0.3) is 0 Å². The number of hydrogen-bond acceptors (Lipinski definition) is 1. The van der Waals surface area contributed by atoms with Crippen molar-refractivity contribution in [3.8, 4) is 0 Å². The Bertz CT molecular complexity index is 486. The molecule has 0 aromatic heterocycles. The SMILES string of the molecule is O=C(c1cc(F)c(F)c(F)c1)N1CCCCCC1CBr. The topological polar surface area (TPSA) is 20.3 Å². The first-order valence-electron chi connectivity index (χ1n) is 6.56. The van der Waals surface area contributed by atoms with E-state index >= 15 is 0 Å². The van der Waals surface area contributed by atoms with E-state index in [1.165, 1.54) is 0 Å². The summed E-state index contributed by atoms with van der Waals surface area (Å²) < 4.78 is 39.4. The molecule has 2 nitrogen and oxygen atoms in total. The van der Waals surface area contributed by atoms with Gasteiger partial charge in [-0.15, -0.1) is 0 Å². The minimum Gasteiger partial charge on any atom is -0.335 e. The zero-order valence-electron chi connectivity index (χ0n) is 10.8. The van der Waals surface area contributed by atoms with Gasteiger partial charge in [-0.05, 0) is 25.0 Å². The van der Waals surface area contributed by atoms with Crippen LogP contribution >= 0.6 is 15.9 Å². The Morgan fingerprint density at radius 2 is 1.85 bits per heavy atom. The van der Waals surface area contributed by atoms with Gasteiger partial charge in [0.2, 0.25) is 0 Å². The molecule has 1 atom stereocenters. The van der Waals surface area contributed by atoms with Crippen molar-refractivity contribution >= 4 is 21.8 Å². The Labute approximate surface area is 124 Å². The number of hydrogen-bond donors (Lipinski definition) is 0. The second-order valence-electron chi connectivity index (χ2n) is 4.91. The molecule has 0 spiro atoms. The van der Waals surface area contributed by atoms with Crippen LogP contribution in [-0.4, -0.2) is 28.7 Å². The molecule has 1 saturated heterocycles. The molecular formula is C14H15BrF3NO. The fraction of sp³-hybridized carbons (Fsp3) is 0.500. The largest absolute Gasteiger partial charge is 0.335 e. The number of nitrogens with zero attached hydrogens (tertiary/aromatic N) is 1. The van der Waals surface area contributed by atoms with E-state index in [4.69, 9.17) is 0 Å². The lowest BCUT2D eigenvalue weighted by Gasteiger charge is -2.28. The van der Waals surface area contributed by atoms with Crippen LogP contribution in [0.3, 0.4) is 0 Å². The summed E-state index contributed by atoms with van der Waals surface area (Å²) >= 11 is 3.37. The first-order valence-corrected chi connectivity index (χ1v) is 7.68. The average Bonchev–Trinajstić information content (AvgIpc) is 2.68. The van der Waals surface area contributed by atoms with E-state index in [0.717, 1.165) is 37.8 Å². The molecule has 2 rings (SSSR count). The second kappa shape index (κ2) is 6.61. The summed E-state index contributed by atoms with van der Waals surface area (Å²) in [5.41, 5.74) is -0.144. The molecule has 110 valence electrons. The van der Waals surface area contributed by atoms with Gasteiger partial charge in [0.25, 0.3) is 5.91 Å². The summed E-state index contributed by atoms with van der Waals surface area (Å²) in [6, 6.07) is 1.52. The molecule has 0 radical (unpaired) electrons. The summed E-state index contributed by atoms with van der Waals surface area (Å²) in [5, 5.41) is 0.616. The van der Waals surface area contributed by atoms with Gasteiger partial charge in [-0.3, -0.25) is 4.79 Å². The van der Waals surface area contributed by atoms with E-state index < -0.39 is 23.4 Å². The highest BCUT2D eigenvalue weighted by atomic mass is 79.9. The van der Waals surface area contributed by atoms with Gasteiger partial charge in [-0.25, -0.2) is 13.2 Å². The van der Waals surface area contributed by atoms with Crippen molar-refractivity contribution in [2.75, 3.05) is 11.9 Å². The van der Waals surface area contributed by atoms with Crippen molar-refractivity contribution in [2.45, 2.75) is 31.7 Å². The van der Waals surface area contributed by atoms with Crippen molar-refractivity contribution in [2.24, 2.45) is 0 Å². The predicted molar refractivity (Wildman–Crippen MR) is 73.4 cm³/mol. The van der Waals surface area contributed by atoms with Crippen molar-refractivity contribution in [3.63, 3.8) is 0 Å². The quantitative estimate of drug-likeness (QED) is 0.586. The molecule has 0 N–H and O–H groups in total. The van der Waals surface area contributed by atoms with E-state index in [9.17, 15) is 18.0 Å². The van der Waals surface area contributed by atoms with E-state index in [2.05, 4.69) is 15.9 Å². The molecule has 6 heteroatoms. The number of alkyl halides is 1. The average molecular weight is 350 g/mol. The number of amides is 1. The molecule has 1 aromatic carbocycles. The molecule has 1 aliphatic heterocycles. The molecule has 0 aliphatic carbocycles. The molecule has 0 bridgehead atoms. The van der Waals surface area contributed by atoms with Gasteiger partial charge in [0.15, 0.2) is 17.5 Å². The number of carbonyl (C=O) groups excluding carboxylic acids is 1. The van der Waals surface area contributed by atoms with Gasteiger partial charge >= 0.3 is 0 Å². The highest BCUT2D eigenvalue weighted by Gasteiger charge is 2.26. The zero-order chi connectivity index (χ0) is 14.7. The Morgan fingerprint density at radius 3 is 2.45 bits per heavy atom. The number of benzene rings is 1. The van der Waals surface area contributed by atoms with Crippen molar-refractivity contribution in [3.05, 3.63) is 35.1 Å². The van der Waals surface area contributed by atoms with Crippen LogP contribution in [0.2, 0.25) is 0 Å². The molecule has 20 heavy (non-hydrogen) atoms. The van der Waals surface area contributed by atoms with Gasteiger partial charge < -0.3 is 4.90 Å². The molecule has 1 heterocycles. The van der Waals surface area contributed by atoms with E-state index in [0.29, 0.717) is 11.9 Å². The highest BCUT2D eigenvalue weighted by Crippen LogP contribution is 2.22. The Morgan fingerprint density at radius 1 is 1.20 bits per heavy atom. The Kier molecular flexibility index (Phi) is 5.07. The third-order valence-electron chi connectivity index (χ3n) is 3.55. The Hall–Kier alpha value is -1.04. The molecule has 1 unspecified atom stereocenters.